The highest BCUT2D eigenvalue weighted by Gasteiger charge is 2.28. The molecule has 0 saturated carbocycles. The molecule has 4 aromatic rings. The number of hydrogen-bond donors (Lipinski definition) is 2. The number of thiocarbonyl (C=S) groups is 1. The van der Waals surface area contributed by atoms with Crippen molar-refractivity contribution in [1.82, 2.24) is 0 Å². The summed E-state index contributed by atoms with van der Waals surface area (Å²) in [5.41, 5.74) is 0.749. The number of nitrogens with zero attached hydrogens (tertiary/aromatic N) is 1. The maximum absolute atomic E-state index is 12.4. The van der Waals surface area contributed by atoms with E-state index in [1.165, 1.54) is 4.90 Å². The third kappa shape index (κ3) is 3.84. The van der Waals surface area contributed by atoms with Gasteiger partial charge in [0.2, 0.25) is 0 Å². The monoisotopic (exact) mass is 473 g/mol. The number of fused-ring (bicyclic) bond motifs is 2. The molecule has 0 aliphatic heterocycles. The zero-order chi connectivity index (χ0) is 24.4. The molecular formula is C26H19NO6S. The first-order valence-electron chi connectivity index (χ1n) is 10.3. The first-order chi connectivity index (χ1) is 16.4. The van der Waals surface area contributed by atoms with Crippen LogP contribution in [0.1, 0.15) is 38.0 Å². The maximum atomic E-state index is 12.4. The molecule has 0 heterocycles. The number of carbonyl (C=O) groups excluding carboxylic acids is 1. The average molecular weight is 474 g/mol. The molecule has 34 heavy (non-hydrogen) atoms. The Bertz CT molecular complexity index is 1480. The molecule has 170 valence electrons. The van der Waals surface area contributed by atoms with Crippen molar-refractivity contribution in [1.29, 1.82) is 0 Å². The Kier molecular flexibility index (Phi) is 6.25. The van der Waals surface area contributed by atoms with E-state index in [4.69, 9.17) is 17.0 Å². The number of rotatable bonds is 6. The first-order valence-corrected chi connectivity index (χ1v) is 10.8. The van der Waals surface area contributed by atoms with E-state index in [0.29, 0.717) is 32.8 Å². The number of aldehydes is 1. The smallest absolute Gasteiger partial charge is 0.337 e. The van der Waals surface area contributed by atoms with Gasteiger partial charge in [0.15, 0.2) is 6.29 Å². The SMILES string of the molecule is CCOC(=S)N(c1ccc(C=O)c2ccccc12)c1c(C(=O)O)cc(C(=O)O)c2ccccc12. The number of benzene rings is 4. The van der Waals surface area contributed by atoms with Gasteiger partial charge in [-0.2, -0.15) is 0 Å². The Hall–Kier alpha value is -4.30. The van der Waals surface area contributed by atoms with Crippen LogP contribution in [0.4, 0.5) is 11.4 Å². The highest BCUT2D eigenvalue weighted by Crippen LogP contribution is 2.41. The summed E-state index contributed by atoms with van der Waals surface area (Å²) in [4.78, 5) is 37.4. The summed E-state index contributed by atoms with van der Waals surface area (Å²) in [6.45, 7) is 1.98. The molecule has 4 aromatic carbocycles. The van der Waals surface area contributed by atoms with Crippen molar-refractivity contribution >= 4 is 68.5 Å². The van der Waals surface area contributed by atoms with Crippen LogP contribution < -0.4 is 4.90 Å². The van der Waals surface area contributed by atoms with E-state index in [2.05, 4.69) is 0 Å². The highest BCUT2D eigenvalue weighted by atomic mass is 32.1. The van der Waals surface area contributed by atoms with Crippen molar-refractivity contribution in [3.8, 4) is 0 Å². The van der Waals surface area contributed by atoms with Gasteiger partial charge in [0.25, 0.3) is 5.17 Å². The summed E-state index contributed by atoms with van der Waals surface area (Å²) >= 11 is 5.58. The summed E-state index contributed by atoms with van der Waals surface area (Å²) in [6, 6.07) is 18.2. The van der Waals surface area contributed by atoms with Gasteiger partial charge in [0.05, 0.1) is 29.1 Å². The van der Waals surface area contributed by atoms with Crippen LogP contribution in [0.2, 0.25) is 0 Å². The lowest BCUT2D eigenvalue weighted by Crippen LogP contribution is -2.29. The maximum Gasteiger partial charge on any atom is 0.337 e. The molecule has 0 saturated heterocycles. The minimum Gasteiger partial charge on any atom is -0.478 e. The molecule has 8 heteroatoms. The molecule has 0 spiro atoms. The van der Waals surface area contributed by atoms with Gasteiger partial charge in [-0.25, -0.2) is 9.59 Å². The highest BCUT2D eigenvalue weighted by molar-refractivity contribution is 7.80. The molecule has 0 aromatic heterocycles. The van der Waals surface area contributed by atoms with Crippen molar-refractivity contribution in [2.45, 2.75) is 6.92 Å². The number of carbonyl (C=O) groups is 3. The Morgan fingerprint density at radius 3 is 2.06 bits per heavy atom. The summed E-state index contributed by atoms with van der Waals surface area (Å²) in [5, 5.41) is 21.9. The van der Waals surface area contributed by atoms with E-state index in [0.717, 1.165) is 12.4 Å². The van der Waals surface area contributed by atoms with Gasteiger partial charge in [0.1, 0.15) is 0 Å². The van der Waals surface area contributed by atoms with Gasteiger partial charge < -0.3 is 14.9 Å². The van der Waals surface area contributed by atoms with Crippen LogP contribution in [0.15, 0.2) is 66.7 Å². The molecule has 4 rings (SSSR count). The van der Waals surface area contributed by atoms with Gasteiger partial charge in [-0.1, -0.05) is 48.5 Å². The third-order valence-corrected chi connectivity index (χ3v) is 5.75. The topological polar surface area (TPSA) is 104 Å². The molecule has 0 fully saturated rings. The van der Waals surface area contributed by atoms with E-state index in [1.54, 1.807) is 67.6 Å². The second kappa shape index (κ2) is 9.29. The fourth-order valence-corrected chi connectivity index (χ4v) is 4.35. The largest absolute Gasteiger partial charge is 0.478 e. The van der Waals surface area contributed by atoms with E-state index in [-0.39, 0.29) is 28.6 Å². The van der Waals surface area contributed by atoms with Crippen LogP contribution in [0.3, 0.4) is 0 Å². The van der Waals surface area contributed by atoms with E-state index in [9.17, 15) is 24.6 Å². The van der Waals surface area contributed by atoms with E-state index >= 15 is 0 Å². The summed E-state index contributed by atoms with van der Waals surface area (Å²) in [7, 11) is 0. The van der Waals surface area contributed by atoms with Gasteiger partial charge in [-0.15, -0.1) is 0 Å². The number of ether oxygens (including phenoxy) is 1. The van der Waals surface area contributed by atoms with Gasteiger partial charge >= 0.3 is 11.9 Å². The molecule has 0 amide bonds. The van der Waals surface area contributed by atoms with Crippen molar-refractivity contribution in [2.75, 3.05) is 11.5 Å². The minimum atomic E-state index is -1.32. The zero-order valence-electron chi connectivity index (χ0n) is 18.0. The summed E-state index contributed by atoms with van der Waals surface area (Å²) in [6.07, 6.45) is 0.747. The second-order valence-corrected chi connectivity index (χ2v) is 7.70. The lowest BCUT2D eigenvalue weighted by Gasteiger charge is -2.29. The number of carboxylic acid groups (broad SMARTS) is 2. The number of anilines is 2. The Balaban J connectivity index is 2.17. The fraction of sp³-hybridized carbons (Fsp3) is 0.0769. The fourth-order valence-electron chi connectivity index (χ4n) is 4.04. The predicted molar refractivity (Wildman–Crippen MR) is 134 cm³/mol. The second-order valence-electron chi connectivity index (χ2n) is 7.35. The molecule has 0 atom stereocenters. The number of aromatic carboxylic acids is 2. The molecular weight excluding hydrogens is 454 g/mol. The Morgan fingerprint density at radius 1 is 0.882 bits per heavy atom. The van der Waals surface area contributed by atoms with Crippen LogP contribution >= 0.6 is 12.2 Å². The molecule has 0 unspecified atom stereocenters. The molecule has 0 bridgehead atoms. The number of carboxylic acids is 2. The van der Waals surface area contributed by atoms with Crippen molar-refractivity contribution in [3.05, 3.63) is 83.4 Å². The standard InChI is InChI=1S/C26H19NO6S/c1-2-33-26(34)27(22-12-11-15(14-28)16-7-3-5-9-18(16)22)23-19-10-6-4-8-17(19)20(24(29)30)13-21(23)25(31)32/h3-14H,2H2,1H3,(H,29,30)(H,31,32). The van der Waals surface area contributed by atoms with Crippen molar-refractivity contribution in [3.63, 3.8) is 0 Å². The van der Waals surface area contributed by atoms with Gasteiger partial charge in [-0.3, -0.25) is 9.69 Å². The van der Waals surface area contributed by atoms with Crippen molar-refractivity contribution < 1.29 is 29.3 Å². The summed E-state index contributed by atoms with van der Waals surface area (Å²) < 4.78 is 5.66. The predicted octanol–water partition coefficient (Wildman–Crippen LogP) is 5.66. The van der Waals surface area contributed by atoms with Crippen LogP contribution in [0.5, 0.6) is 0 Å². The Morgan fingerprint density at radius 2 is 1.47 bits per heavy atom. The zero-order valence-corrected chi connectivity index (χ0v) is 18.8. The lowest BCUT2D eigenvalue weighted by molar-refractivity contribution is 0.0696. The van der Waals surface area contributed by atoms with Crippen LogP contribution in [-0.2, 0) is 4.74 Å². The molecule has 7 nitrogen and oxygen atoms in total. The van der Waals surface area contributed by atoms with Crippen LogP contribution in [0.25, 0.3) is 21.5 Å². The van der Waals surface area contributed by atoms with Gasteiger partial charge in [-0.05, 0) is 48.1 Å². The van der Waals surface area contributed by atoms with Crippen LogP contribution in [0, 0.1) is 0 Å². The number of hydrogen-bond acceptors (Lipinski definition) is 5. The molecule has 0 radical (unpaired) electrons. The molecule has 0 aliphatic carbocycles. The van der Waals surface area contributed by atoms with Gasteiger partial charge in [0, 0.05) is 16.3 Å². The van der Waals surface area contributed by atoms with Crippen LogP contribution in [-0.4, -0.2) is 40.2 Å². The van der Waals surface area contributed by atoms with E-state index in [1.807, 2.05) is 0 Å². The summed E-state index contributed by atoms with van der Waals surface area (Å²) in [5.74, 6) is -2.56. The molecule has 0 aliphatic rings. The molecule has 2 N–H and O–H groups in total. The average Bonchev–Trinajstić information content (AvgIpc) is 2.84. The third-order valence-electron chi connectivity index (χ3n) is 5.45. The van der Waals surface area contributed by atoms with E-state index < -0.39 is 11.9 Å². The van der Waals surface area contributed by atoms with Crippen molar-refractivity contribution in [2.24, 2.45) is 0 Å². The quantitative estimate of drug-likeness (QED) is 0.273. The lowest BCUT2D eigenvalue weighted by atomic mass is 9.96. The Labute approximate surface area is 199 Å². The first kappa shape index (κ1) is 22.9. The normalized spacial score (nSPS) is 10.7. The minimum absolute atomic E-state index is 0.0118.